The van der Waals surface area contributed by atoms with Gasteiger partial charge in [0.1, 0.15) is 10.6 Å². The van der Waals surface area contributed by atoms with E-state index >= 15 is 0 Å². The van der Waals surface area contributed by atoms with Gasteiger partial charge < -0.3 is 16.0 Å². The number of fused-ring (bicyclic) bond motifs is 1. The molecule has 2 amide bonds. The standard InChI is InChI=1S/C11H13N5OS2/c12-8-7-1-5-18-9(7)15-10(14-8)19-6-4-16-3-2-13-11(16)17/h1,5H,2-4,6H2,(H,13,17)(H2,12,14,15). The molecule has 3 rings (SSSR count). The minimum Gasteiger partial charge on any atom is -0.383 e. The highest BCUT2D eigenvalue weighted by Crippen LogP contribution is 2.26. The highest BCUT2D eigenvalue weighted by molar-refractivity contribution is 7.99. The number of thioether (sulfide) groups is 1. The van der Waals surface area contributed by atoms with Gasteiger partial charge in [0.05, 0.1) is 5.39 Å². The van der Waals surface area contributed by atoms with Crippen molar-refractivity contribution in [3.05, 3.63) is 11.4 Å². The van der Waals surface area contributed by atoms with Crippen molar-refractivity contribution in [2.45, 2.75) is 5.16 Å². The summed E-state index contributed by atoms with van der Waals surface area (Å²) in [7, 11) is 0. The predicted molar refractivity (Wildman–Crippen MR) is 77.5 cm³/mol. The number of urea groups is 1. The molecule has 0 saturated carbocycles. The van der Waals surface area contributed by atoms with Gasteiger partial charge in [-0.05, 0) is 11.4 Å². The van der Waals surface area contributed by atoms with Crippen LogP contribution < -0.4 is 11.1 Å². The number of anilines is 1. The van der Waals surface area contributed by atoms with Crippen LogP contribution >= 0.6 is 23.1 Å². The Kier molecular flexibility index (Phi) is 3.43. The zero-order valence-corrected chi connectivity index (χ0v) is 11.8. The Labute approximate surface area is 118 Å². The van der Waals surface area contributed by atoms with Crippen molar-refractivity contribution in [2.24, 2.45) is 0 Å². The first-order valence-corrected chi connectivity index (χ1v) is 7.77. The molecule has 6 nitrogen and oxygen atoms in total. The number of nitrogens with zero attached hydrogens (tertiary/aromatic N) is 3. The number of carbonyl (C=O) groups excluding carboxylic acids is 1. The minimum absolute atomic E-state index is 0.00902. The molecule has 0 aliphatic carbocycles. The van der Waals surface area contributed by atoms with Crippen molar-refractivity contribution in [3.8, 4) is 0 Å². The Morgan fingerprint density at radius 3 is 3.21 bits per heavy atom. The Bertz CT molecular complexity index is 614. The van der Waals surface area contributed by atoms with Crippen LogP contribution in [-0.2, 0) is 0 Å². The number of hydrogen-bond acceptors (Lipinski definition) is 6. The lowest BCUT2D eigenvalue weighted by Crippen LogP contribution is -2.30. The van der Waals surface area contributed by atoms with Crippen LogP contribution in [0.25, 0.3) is 10.2 Å². The maximum atomic E-state index is 11.4. The molecule has 3 N–H and O–H groups in total. The van der Waals surface area contributed by atoms with Crippen LogP contribution in [0.15, 0.2) is 16.6 Å². The third kappa shape index (κ3) is 2.59. The van der Waals surface area contributed by atoms with Crippen molar-refractivity contribution in [1.29, 1.82) is 0 Å². The molecular formula is C11H13N5OS2. The second-order valence-corrected chi connectivity index (χ2v) is 6.05. The van der Waals surface area contributed by atoms with Crippen LogP contribution in [0.3, 0.4) is 0 Å². The number of aromatic nitrogens is 2. The van der Waals surface area contributed by atoms with Gasteiger partial charge in [0.2, 0.25) is 0 Å². The summed E-state index contributed by atoms with van der Waals surface area (Å²) < 4.78 is 0. The van der Waals surface area contributed by atoms with Crippen LogP contribution in [-0.4, -0.2) is 46.3 Å². The van der Waals surface area contributed by atoms with Gasteiger partial charge in [-0.15, -0.1) is 11.3 Å². The molecule has 1 aliphatic heterocycles. The molecule has 1 saturated heterocycles. The minimum atomic E-state index is 0.00902. The number of nitrogen functional groups attached to an aromatic ring is 1. The summed E-state index contributed by atoms with van der Waals surface area (Å²) in [6, 6.07) is 1.94. The predicted octanol–water partition coefficient (Wildman–Crippen LogP) is 1.39. The molecule has 3 heterocycles. The summed E-state index contributed by atoms with van der Waals surface area (Å²) in [5.41, 5.74) is 5.89. The molecule has 2 aromatic rings. The number of nitrogens with two attached hydrogens (primary N) is 1. The Balaban J connectivity index is 1.63. The van der Waals surface area contributed by atoms with Crippen LogP contribution in [0.1, 0.15) is 0 Å². The van der Waals surface area contributed by atoms with Crippen LogP contribution in [0, 0.1) is 0 Å². The van der Waals surface area contributed by atoms with Gasteiger partial charge in [-0.3, -0.25) is 0 Å². The zero-order chi connectivity index (χ0) is 13.2. The van der Waals surface area contributed by atoms with Gasteiger partial charge in [0.25, 0.3) is 0 Å². The fourth-order valence-corrected chi connectivity index (χ4v) is 3.54. The number of nitrogens with one attached hydrogen (secondary N) is 1. The van der Waals surface area contributed by atoms with E-state index in [1.807, 2.05) is 11.4 Å². The van der Waals surface area contributed by atoms with Crippen molar-refractivity contribution in [1.82, 2.24) is 20.2 Å². The molecule has 1 fully saturated rings. The summed E-state index contributed by atoms with van der Waals surface area (Å²) in [6.07, 6.45) is 0. The van der Waals surface area contributed by atoms with Gasteiger partial charge in [0.15, 0.2) is 5.16 Å². The Morgan fingerprint density at radius 2 is 2.42 bits per heavy atom. The highest BCUT2D eigenvalue weighted by Gasteiger charge is 2.18. The topological polar surface area (TPSA) is 84.1 Å². The molecule has 0 unspecified atom stereocenters. The van der Waals surface area contributed by atoms with E-state index in [1.54, 1.807) is 16.2 Å². The van der Waals surface area contributed by atoms with Crippen molar-refractivity contribution >= 4 is 45.2 Å². The van der Waals surface area contributed by atoms with Crippen molar-refractivity contribution < 1.29 is 4.79 Å². The highest BCUT2D eigenvalue weighted by atomic mass is 32.2. The van der Waals surface area contributed by atoms with Gasteiger partial charge in [-0.25, -0.2) is 14.8 Å². The average molecular weight is 295 g/mol. The summed E-state index contributed by atoms with van der Waals surface area (Å²) >= 11 is 3.08. The third-order valence-electron chi connectivity index (χ3n) is 2.87. The molecule has 100 valence electrons. The van der Waals surface area contributed by atoms with E-state index in [0.717, 1.165) is 29.1 Å². The molecule has 0 radical (unpaired) electrons. The number of thiophene rings is 1. The largest absolute Gasteiger partial charge is 0.383 e. The van der Waals surface area contributed by atoms with Gasteiger partial charge in [-0.1, -0.05) is 11.8 Å². The smallest absolute Gasteiger partial charge is 0.317 e. The maximum absolute atomic E-state index is 11.4. The molecule has 19 heavy (non-hydrogen) atoms. The molecule has 8 heteroatoms. The lowest BCUT2D eigenvalue weighted by molar-refractivity contribution is 0.220. The monoisotopic (exact) mass is 295 g/mol. The van der Waals surface area contributed by atoms with E-state index in [1.165, 1.54) is 11.8 Å². The molecule has 0 spiro atoms. The van der Waals surface area contributed by atoms with Gasteiger partial charge in [0, 0.05) is 25.4 Å². The van der Waals surface area contributed by atoms with E-state index in [0.29, 0.717) is 17.5 Å². The van der Waals surface area contributed by atoms with Crippen LogP contribution in [0.5, 0.6) is 0 Å². The lowest BCUT2D eigenvalue weighted by atomic mass is 10.4. The van der Waals surface area contributed by atoms with E-state index in [-0.39, 0.29) is 6.03 Å². The molecular weight excluding hydrogens is 282 g/mol. The normalized spacial score (nSPS) is 15.2. The first-order valence-electron chi connectivity index (χ1n) is 5.90. The molecule has 0 atom stereocenters. The molecule has 2 aromatic heterocycles. The van der Waals surface area contributed by atoms with Crippen molar-refractivity contribution in [3.63, 3.8) is 0 Å². The number of carbonyl (C=O) groups is 1. The molecule has 0 bridgehead atoms. The lowest BCUT2D eigenvalue weighted by Gasteiger charge is -2.12. The van der Waals surface area contributed by atoms with Gasteiger partial charge >= 0.3 is 6.03 Å². The molecule has 0 aromatic carbocycles. The van der Waals surface area contributed by atoms with E-state index in [4.69, 9.17) is 5.73 Å². The first-order chi connectivity index (χ1) is 9.24. The third-order valence-corrected chi connectivity index (χ3v) is 4.51. The zero-order valence-electron chi connectivity index (χ0n) is 10.1. The number of hydrogen-bond donors (Lipinski definition) is 2. The Hall–Kier alpha value is -1.54. The average Bonchev–Trinajstić information content (AvgIpc) is 2.99. The fraction of sp³-hybridized carbons (Fsp3) is 0.364. The van der Waals surface area contributed by atoms with Crippen LogP contribution in [0.2, 0.25) is 0 Å². The second-order valence-electron chi connectivity index (χ2n) is 4.10. The van der Waals surface area contributed by atoms with Crippen molar-refractivity contribution in [2.75, 3.05) is 31.1 Å². The van der Waals surface area contributed by atoms with Gasteiger partial charge in [-0.2, -0.15) is 0 Å². The maximum Gasteiger partial charge on any atom is 0.317 e. The second kappa shape index (κ2) is 5.22. The number of amides is 2. The summed E-state index contributed by atoms with van der Waals surface area (Å²) in [5, 5.41) is 6.32. The SMILES string of the molecule is Nc1nc(SCCN2CCNC2=O)nc2sccc12. The van der Waals surface area contributed by atoms with Crippen LogP contribution in [0.4, 0.5) is 10.6 Å². The van der Waals surface area contributed by atoms with E-state index in [9.17, 15) is 4.79 Å². The first kappa shape index (κ1) is 12.5. The summed E-state index contributed by atoms with van der Waals surface area (Å²) in [6.45, 7) is 2.20. The fourth-order valence-electron chi connectivity index (χ4n) is 1.89. The van der Waals surface area contributed by atoms with E-state index < -0.39 is 0 Å². The Morgan fingerprint density at radius 1 is 1.53 bits per heavy atom. The summed E-state index contributed by atoms with van der Waals surface area (Å²) in [5.74, 6) is 1.29. The molecule has 1 aliphatic rings. The quantitative estimate of drug-likeness (QED) is 0.658. The van der Waals surface area contributed by atoms with E-state index in [2.05, 4.69) is 15.3 Å². The number of rotatable bonds is 4. The summed E-state index contributed by atoms with van der Waals surface area (Å²) in [4.78, 5) is 22.8.